The summed E-state index contributed by atoms with van der Waals surface area (Å²) >= 11 is 0. The van der Waals surface area contributed by atoms with E-state index in [1.807, 2.05) is 0 Å². The average molecular weight is 301 g/mol. The monoisotopic (exact) mass is 300 g/mol. The minimum atomic E-state index is -1.07. The van der Waals surface area contributed by atoms with Gasteiger partial charge in [-0.3, -0.25) is 0 Å². The first-order valence-electron chi connectivity index (χ1n) is 7.43. The number of rotatable bonds is 6. The zero-order valence-corrected chi connectivity index (χ0v) is 17.5. The Morgan fingerprint density at radius 2 is 1.22 bits per heavy atom. The van der Waals surface area contributed by atoms with Crippen molar-refractivity contribution in [2.24, 2.45) is 0 Å². The summed E-state index contributed by atoms with van der Waals surface area (Å²) in [6, 6.07) is 0. The maximum atomic E-state index is 2.61. The molecular weight excluding hydrogens is 264 g/mol. The first-order valence-corrected chi connectivity index (χ1v) is 18.2. The molecule has 0 aliphatic carbocycles. The molecule has 0 radical (unpaired) electrons. The largest absolute Gasteiger partial charge is 0.0989 e. The van der Waals surface area contributed by atoms with Crippen LogP contribution in [0.5, 0.6) is 0 Å². The quantitative estimate of drug-likeness (QED) is 0.509. The summed E-state index contributed by atoms with van der Waals surface area (Å²) in [6.45, 7) is 24.9. The summed E-state index contributed by atoms with van der Waals surface area (Å²) < 4.78 is 0. The van der Waals surface area contributed by atoms with Crippen LogP contribution >= 0.6 is 0 Å². The summed E-state index contributed by atoms with van der Waals surface area (Å²) in [5.74, 6) is 0. The van der Waals surface area contributed by atoms with E-state index in [-0.39, 0.29) is 0 Å². The van der Waals surface area contributed by atoms with Crippen LogP contribution in [-0.2, 0) is 0 Å². The third-order valence-electron chi connectivity index (χ3n) is 4.03. The van der Waals surface area contributed by atoms with Crippen molar-refractivity contribution in [3.05, 3.63) is 11.8 Å². The van der Waals surface area contributed by atoms with Gasteiger partial charge in [0.1, 0.15) is 0 Å². The Hall–Kier alpha value is 0.391. The van der Waals surface area contributed by atoms with E-state index in [4.69, 9.17) is 0 Å². The van der Waals surface area contributed by atoms with E-state index < -0.39 is 24.2 Å². The number of allylic oxidation sites excluding steroid dienone is 1. The number of hydrogen-bond acceptors (Lipinski definition) is 0. The van der Waals surface area contributed by atoms with Gasteiger partial charge >= 0.3 is 0 Å². The SMILES string of the molecule is CC(CC(/C=C/[Si](C)(C)C)[Si](C)(C)C)[Si](C)(C)C. The molecule has 0 amide bonds. The first-order chi connectivity index (χ1) is 7.73. The van der Waals surface area contributed by atoms with Crippen molar-refractivity contribution in [1.29, 1.82) is 0 Å². The molecule has 0 spiro atoms. The molecule has 2 atom stereocenters. The lowest BCUT2D eigenvalue weighted by atomic mass is 10.2. The van der Waals surface area contributed by atoms with Gasteiger partial charge in [0.15, 0.2) is 0 Å². The van der Waals surface area contributed by atoms with E-state index >= 15 is 0 Å². The maximum Gasteiger partial charge on any atom is 0.0682 e. The predicted octanol–water partition coefficient (Wildman–Crippen LogP) is 6.25. The molecule has 0 N–H and O–H groups in total. The molecule has 0 saturated heterocycles. The third kappa shape index (κ3) is 7.74. The molecule has 0 aliphatic heterocycles. The van der Waals surface area contributed by atoms with E-state index in [2.05, 4.69) is 77.6 Å². The Balaban J connectivity index is 4.89. The fraction of sp³-hybridized carbons (Fsp3) is 0.867. The Kier molecular flexibility index (Phi) is 6.36. The second kappa shape index (κ2) is 6.23. The van der Waals surface area contributed by atoms with Gasteiger partial charge in [-0.2, -0.15) is 0 Å². The van der Waals surface area contributed by atoms with Gasteiger partial charge in [0.05, 0.1) is 16.1 Å². The molecule has 0 aliphatic rings. The molecule has 0 heterocycles. The van der Waals surface area contributed by atoms with Crippen molar-refractivity contribution >= 4 is 24.2 Å². The zero-order valence-electron chi connectivity index (χ0n) is 14.5. The Morgan fingerprint density at radius 3 is 1.50 bits per heavy atom. The van der Waals surface area contributed by atoms with Gasteiger partial charge in [0.2, 0.25) is 0 Å². The summed E-state index contributed by atoms with van der Waals surface area (Å²) in [4.78, 5) is 0. The van der Waals surface area contributed by atoms with Crippen molar-refractivity contribution in [3.63, 3.8) is 0 Å². The lowest BCUT2D eigenvalue weighted by Gasteiger charge is -2.34. The van der Waals surface area contributed by atoms with Crippen LogP contribution in [0.4, 0.5) is 0 Å². The second-order valence-electron chi connectivity index (χ2n) is 9.20. The van der Waals surface area contributed by atoms with Crippen molar-refractivity contribution in [1.82, 2.24) is 0 Å². The molecular formula is C15H36Si3. The van der Waals surface area contributed by atoms with Crippen LogP contribution in [0.15, 0.2) is 11.8 Å². The fourth-order valence-electron chi connectivity index (χ4n) is 1.86. The molecule has 2 unspecified atom stereocenters. The van der Waals surface area contributed by atoms with Gasteiger partial charge in [-0.25, -0.2) is 0 Å². The van der Waals surface area contributed by atoms with Crippen molar-refractivity contribution in [3.8, 4) is 0 Å². The van der Waals surface area contributed by atoms with Gasteiger partial charge in [0.25, 0.3) is 0 Å². The van der Waals surface area contributed by atoms with Crippen molar-refractivity contribution in [2.75, 3.05) is 0 Å². The van der Waals surface area contributed by atoms with E-state index in [0.717, 1.165) is 11.1 Å². The van der Waals surface area contributed by atoms with Gasteiger partial charge in [0, 0.05) is 8.07 Å². The van der Waals surface area contributed by atoms with Crippen LogP contribution in [0.1, 0.15) is 13.3 Å². The Morgan fingerprint density at radius 1 is 0.778 bits per heavy atom. The molecule has 3 heteroatoms. The Bertz CT molecular complexity index is 274. The lowest BCUT2D eigenvalue weighted by molar-refractivity contribution is 0.763. The zero-order chi connectivity index (χ0) is 14.8. The highest BCUT2D eigenvalue weighted by molar-refractivity contribution is 6.82. The average Bonchev–Trinajstić information content (AvgIpc) is 2.06. The molecule has 0 saturated carbocycles. The third-order valence-corrected chi connectivity index (χ3v) is 11.1. The maximum absolute atomic E-state index is 2.61. The van der Waals surface area contributed by atoms with Crippen LogP contribution in [0, 0.1) is 0 Å². The molecule has 0 aromatic heterocycles. The van der Waals surface area contributed by atoms with Crippen LogP contribution in [0.2, 0.25) is 70.0 Å². The van der Waals surface area contributed by atoms with Crippen molar-refractivity contribution < 1.29 is 0 Å². The number of hydrogen-bond donors (Lipinski definition) is 0. The van der Waals surface area contributed by atoms with Gasteiger partial charge in [-0.05, 0) is 17.5 Å². The molecule has 0 fully saturated rings. The standard InChI is InChI=1S/C15H36Si3/c1-14(17(5,6)7)13-15(18(8,9)10)11-12-16(2,3)4/h11-12,14-15H,13H2,1-10H3/b12-11+. The van der Waals surface area contributed by atoms with Gasteiger partial charge in [-0.15, -0.1) is 0 Å². The summed E-state index contributed by atoms with van der Waals surface area (Å²) in [5.41, 5.74) is 4.37. The molecule has 0 rings (SSSR count). The van der Waals surface area contributed by atoms with Gasteiger partial charge < -0.3 is 0 Å². The van der Waals surface area contributed by atoms with Crippen molar-refractivity contribution in [2.45, 2.75) is 83.4 Å². The normalized spacial score (nSPS) is 18.1. The summed E-state index contributed by atoms with van der Waals surface area (Å²) in [5, 5.41) is 0. The minimum Gasteiger partial charge on any atom is -0.0989 e. The van der Waals surface area contributed by atoms with Crippen LogP contribution < -0.4 is 0 Å². The molecule has 0 aromatic carbocycles. The second-order valence-corrected chi connectivity index (χ2v) is 25.5. The lowest BCUT2D eigenvalue weighted by Crippen LogP contribution is -2.33. The Labute approximate surface area is 119 Å². The predicted molar refractivity (Wildman–Crippen MR) is 97.0 cm³/mol. The van der Waals surface area contributed by atoms with E-state index in [0.29, 0.717) is 0 Å². The molecule has 0 nitrogen and oxygen atoms in total. The molecule has 18 heavy (non-hydrogen) atoms. The topological polar surface area (TPSA) is 0 Å². The highest BCUT2D eigenvalue weighted by atomic mass is 28.3. The smallest absolute Gasteiger partial charge is 0.0682 e. The molecule has 0 aromatic rings. The van der Waals surface area contributed by atoms with Crippen LogP contribution in [-0.4, -0.2) is 24.2 Å². The van der Waals surface area contributed by atoms with Crippen LogP contribution in [0.25, 0.3) is 0 Å². The fourth-order valence-corrected chi connectivity index (χ4v) is 5.79. The first kappa shape index (κ1) is 18.4. The van der Waals surface area contributed by atoms with Gasteiger partial charge in [-0.1, -0.05) is 77.6 Å². The molecule has 108 valence electrons. The van der Waals surface area contributed by atoms with Crippen LogP contribution in [0.3, 0.4) is 0 Å². The summed E-state index contributed by atoms with van der Waals surface area (Å²) in [6.07, 6.45) is 4.03. The van der Waals surface area contributed by atoms with E-state index in [9.17, 15) is 0 Å². The van der Waals surface area contributed by atoms with E-state index in [1.165, 1.54) is 6.42 Å². The highest BCUT2D eigenvalue weighted by Gasteiger charge is 2.31. The molecule has 0 bridgehead atoms. The van der Waals surface area contributed by atoms with E-state index in [1.54, 1.807) is 0 Å². The minimum absolute atomic E-state index is 0.867. The highest BCUT2D eigenvalue weighted by Crippen LogP contribution is 2.37. The summed E-state index contributed by atoms with van der Waals surface area (Å²) in [7, 11) is -3.09.